The fraction of sp³-hybridized carbons (Fsp3) is 1.00. The molecule has 2 N–H and O–H groups in total. The fourth-order valence-corrected chi connectivity index (χ4v) is 0.935. The van der Waals surface area contributed by atoms with Crippen molar-refractivity contribution in [1.29, 1.82) is 0 Å². The Kier molecular flexibility index (Phi) is 4.72. The third-order valence-corrected chi connectivity index (χ3v) is 1.61. The molecule has 0 fully saturated rings. The van der Waals surface area contributed by atoms with Crippen LogP contribution < -0.4 is 0 Å². The van der Waals surface area contributed by atoms with E-state index in [0.717, 1.165) is 19.3 Å². The van der Waals surface area contributed by atoms with Crippen molar-refractivity contribution >= 4 is 0 Å². The van der Waals surface area contributed by atoms with Crippen molar-refractivity contribution < 1.29 is 10.2 Å². The molecular weight excluding hydrogens is 116 g/mol. The number of hydrogen-bond acceptors (Lipinski definition) is 2. The molecule has 56 valence electrons. The predicted octanol–water partition coefficient (Wildman–Crippen LogP) is 1.12. The van der Waals surface area contributed by atoms with Crippen LogP contribution in [0.25, 0.3) is 0 Å². The molecule has 0 aromatic carbocycles. The normalized spacial score (nSPS) is 14.3. The second-order valence-electron chi connectivity index (χ2n) is 2.37. The minimum Gasteiger partial charge on any atom is -0.368 e. The topological polar surface area (TPSA) is 40.5 Å². The van der Waals surface area contributed by atoms with Gasteiger partial charge in [0.15, 0.2) is 6.29 Å². The van der Waals surface area contributed by atoms with Crippen LogP contribution in [0, 0.1) is 5.92 Å². The van der Waals surface area contributed by atoms with E-state index in [9.17, 15) is 0 Å². The Morgan fingerprint density at radius 2 is 1.78 bits per heavy atom. The average molecular weight is 132 g/mol. The quantitative estimate of drug-likeness (QED) is 0.563. The molecule has 0 aliphatic rings. The van der Waals surface area contributed by atoms with Gasteiger partial charge in [0.05, 0.1) is 0 Å². The second kappa shape index (κ2) is 4.77. The third-order valence-electron chi connectivity index (χ3n) is 1.61. The Bertz CT molecular complexity index is 61.9. The second-order valence-corrected chi connectivity index (χ2v) is 2.37. The Hall–Kier alpha value is -0.0800. The van der Waals surface area contributed by atoms with Gasteiger partial charge in [-0.25, -0.2) is 0 Å². The van der Waals surface area contributed by atoms with E-state index >= 15 is 0 Å². The van der Waals surface area contributed by atoms with Gasteiger partial charge in [0, 0.05) is 5.92 Å². The Morgan fingerprint density at radius 3 is 1.89 bits per heavy atom. The Morgan fingerprint density at radius 1 is 1.22 bits per heavy atom. The summed E-state index contributed by atoms with van der Waals surface area (Å²) in [6, 6.07) is 0. The molecule has 0 saturated heterocycles. The maximum absolute atomic E-state index is 8.70. The highest BCUT2D eigenvalue weighted by Crippen LogP contribution is 2.12. The van der Waals surface area contributed by atoms with Crippen molar-refractivity contribution in [2.75, 3.05) is 0 Å². The number of aliphatic hydroxyl groups excluding tert-OH is 1. The van der Waals surface area contributed by atoms with Crippen LogP contribution in [-0.4, -0.2) is 16.5 Å². The maximum atomic E-state index is 8.70. The number of rotatable bonds is 4. The Labute approximate surface area is 56.5 Å². The first kappa shape index (κ1) is 8.92. The van der Waals surface area contributed by atoms with Crippen LogP contribution in [-0.2, 0) is 0 Å². The molecule has 2 heteroatoms. The molecule has 0 aromatic rings. The number of aliphatic hydroxyl groups is 2. The van der Waals surface area contributed by atoms with Crippen molar-refractivity contribution in [2.24, 2.45) is 5.92 Å². The summed E-state index contributed by atoms with van der Waals surface area (Å²) >= 11 is 0. The lowest BCUT2D eigenvalue weighted by Gasteiger charge is -2.14. The molecule has 0 radical (unpaired) electrons. The van der Waals surface area contributed by atoms with E-state index in [0.29, 0.717) is 0 Å². The largest absolute Gasteiger partial charge is 0.368 e. The van der Waals surface area contributed by atoms with Crippen LogP contribution in [0.5, 0.6) is 0 Å². The van der Waals surface area contributed by atoms with E-state index in [1.165, 1.54) is 0 Å². The lowest BCUT2D eigenvalue weighted by atomic mass is 10.0. The molecular formula is C7H16O2. The molecule has 0 rings (SSSR count). The summed E-state index contributed by atoms with van der Waals surface area (Å²) in [7, 11) is 0. The van der Waals surface area contributed by atoms with Crippen LogP contribution in [0.1, 0.15) is 33.1 Å². The van der Waals surface area contributed by atoms with Crippen LogP contribution in [0.15, 0.2) is 0 Å². The zero-order chi connectivity index (χ0) is 7.28. The zero-order valence-electron chi connectivity index (χ0n) is 6.17. The highest BCUT2D eigenvalue weighted by atomic mass is 16.5. The molecule has 2 nitrogen and oxygen atoms in total. The van der Waals surface area contributed by atoms with E-state index in [2.05, 4.69) is 0 Å². The predicted molar refractivity (Wildman–Crippen MR) is 36.9 cm³/mol. The lowest BCUT2D eigenvalue weighted by molar-refractivity contribution is -0.0868. The van der Waals surface area contributed by atoms with Gasteiger partial charge < -0.3 is 10.2 Å². The van der Waals surface area contributed by atoms with E-state index in [1.807, 2.05) is 13.8 Å². The average Bonchev–Trinajstić information content (AvgIpc) is 1.82. The molecule has 0 aliphatic heterocycles. The van der Waals surface area contributed by atoms with Gasteiger partial charge in [-0.3, -0.25) is 0 Å². The minimum absolute atomic E-state index is 0.0787. The molecule has 1 unspecified atom stereocenters. The van der Waals surface area contributed by atoms with Crippen LogP contribution in [0.3, 0.4) is 0 Å². The standard InChI is InChI=1S/C7H16O2/c1-3-5-6(4-2)7(8)9/h6-9H,3-5H2,1-2H3. The van der Waals surface area contributed by atoms with E-state index in [-0.39, 0.29) is 5.92 Å². The van der Waals surface area contributed by atoms with Gasteiger partial charge in [-0.15, -0.1) is 0 Å². The first-order valence-corrected chi connectivity index (χ1v) is 3.58. The zero-order valence-corrected chi connectivity index (χ0v) is 6.17. The summed E-state index contributed by atoms with van der Waals surface area (Å²) in [5, 5.41) is 17.4. The first-order chi connectivity index (χ1) is 4.22. The molecule has 0 heterocycles. The van der Waals surface area contributed by atoms with Gasteiger partial charge in [-0.2, -0.15) is 0 Å². The van der Waals surface area contributed by atoms with Gasteiger partial charge in [-0.1, -0.05) is 20.3 Å². The molecule has 0 spiro atoms. The molecule has 9 heavy (non-hydrogen) atoms. The van der Waals surface area contributed by atoms with Crippen LogP contribution in [0.2, 0.25) is 0 Å². The van der Waals surface area contributed by atoms with Crippen molar-refractivity contribution in [3.8, 4) is 0 Å². The van der Waals surface area contributed by atoms with Gasteiger partial charge in [0.2, 0.25) is 0 Å². The van der Waals surface area contributed by atoms with Gasteiger partial charge >= 0.3 is 0 Å². The van der Waals surface area contributed by atoms with Crippen molar-refractivity contribution in [1.82, 2.24) is 0 Å². The summed E-state index contributed by atoms with van der Waals surface area (Å²) in [5.74, 6) is 0.0787. The fourth-order valence-electron chi connectivity index (χ4n) is 0.935. The highest BCUT2D eigenvalue weighted by Gasteiger charge is 2.11. The summed E-state index contributed by atoms with van der Waals surface area (Å²) < 4.78 is 0. The lowest BCUT2D eigenvalue weighted by Crippen LogP contribution is -2.18. The van der Waals surface area contributed by atoms with Crippen molar-refractivity contribution in [3.05, 3.63) is 0 Å². The van der Waals surface area contributed by atoms with Crippen molar-refractivity contribution in [2.45, 2.75) is 39.4 Å². The summed E-state index contributed by atoms with van der Waals surface area (Å²) in [5.41, 5.74) is 0. The van der Waals surface area contributed by atoms with Gasteiger partial charge in [-0.05, 0) is 12.8 Å². The van der Waals surface area contributed by atoms with Crippen LogP contribution in [0.4, 0.5) is 0 Å². The third kappa shape index (κ3) is 3.49. The SMILES string of the molecule is CCCC(CC)C(O)O. The van der Waals surface area contributed by atoms with E-state index < -0.39 is 6.29 Å². The van der Waals surface area contributed by atoms with Gasteiger partial charge in [0.25, 0.3) is 0 Å². The van der Waals surface area contributed by atoms with Gasteiger partial charge in [0.1, 0.15) is 0 Å². The van der Waals surface area contributed by atoms with E-state index in [1.54, 1.807) is 0 Å². The van der Waals surface area contributed by atoms with E-state index in [4.69, 9.17) is 10.2 Å². The Balaban J connectivity index is 3.41. The van der Waals surface area contributed by atoms with Crippen molar-refractivity contribution in [3.63, 3.8) is 0 Å². The molecule has 1 atom stereocenters. The highest BCUT2D eigenvalue weighted by molar-refractivity contribution is 4.56. The smallest absolute Gasteiger partial charge is 0.154 e. The molecule has 0 aromatic heterocycles. The number of hydrogen-bond donors (Lipinski definition) is 2. The molecule has 0 amide bonds. The summed E-state index contributed by atoms with van der Waals surface area (Å²) in [6.45, 7) is 4.02. The molecule has 0 bridgehead atoms. The summed E-state index contributed by atoms with van der Waals surface area (Å²) in [4.78, 5) is 0. The maximum Gasteiger partial charge on any atom is 0.154 e. The van der Waals surface area contributed by atoms with Crippen LogP contribution >= 0.6 is 0 Å². The monoisotopic (exact) mass is 132 g/mol. The first-order valence-electron chi connectivity index (χ1n) is 3.58. The summed E-state index contributed by atoms with van der Waals surface area (Å²) in [6.07, 6.45) is 1.67. The molecule has 0 aliphatic carbocycles. The molecule has 0 saturated carbocycles. The minimum atomic E-state index is -1.12.